The fourth-order valence-corrected chi connectivity index (χ4v) is 1.74. The van der Waals surface area contributed by atoms with Crippen LogP contribution in [0.1, 0.15) is 5.56 Å². The average molecular weight is 211 g/mol. The normalized spacial score (nSPS) is 12.9. The van der Waals surface area contributed by atoms with Crippen LogP contribution in [0.25, 0.3) is 12.0 Å². The zero-order chi connectivity index (χ0) is 11.0. The van der Waals surface area contributed by atoms with E-state index in [0.717, 1.165) is 5.22 Å². The molecule has 0 saturated heterocycles. The van der Waals surface area contributed by atoms with E-state index in [-0.39, 0.29) is 5.76 Å². The van der Waals surface area contributed by atoms with Gasteiger partial charge in [-0.3, -0.25) is 4.98 Å². The van der Waals surface area contributed by atoms with Crippen molar-refractivity contribution in [2.45, 2.75) is 0 Å². The van der Waals surface area contributed by atoms with Crippen molar-refractivity contribution in [2.75, 3.05) is 0 Å². The molecule has 0 bridgehead atoms. The Kier molecular flexibility index (Phi) is 1.90. The van der Waals surface area contributed by atoms with E-state index in [1.54, 1.807) is 24.7 Å². The average Bonchev–Trinajstić information content (AvgIpc) is 2.49. The van der Waals surface area contributed by atoms with E-state index in [1.165, 1.54) is 0 Å². The third-order valence-corrected chi connectivity index (χ3v) is 2.56. The number of para-hydroxylation sites is 1. The second kappa shape index (κ2) is 3.38. The summed E-state index contributed by atoms with van der Waals surface area (Å²) in [4.78, 5) is 4.01. The third-order valence-electron chi connectivity index (χ3n) is 2.56. The minimum absolute atomic E-state index is 0.201. The topological polar surface area (TPSA) is 42.4 Å². The van der Waals surface area contributed by atoms with E-state index in [2.05, 4.69) is 4.98 Å². The van der Waals surface area contributed by atoms with Crippen molar-refractivity contribution in [1.82, 2.24) is 4.98 Å². The molecule has 0 fully saturated rings. The summed E-state index contributed by atoms with van der Waals surface area (Å²) in [6.45, 7) is 0. The fraction of sp³-hybridized carbons (Fsp3) is 0. The Hall–Kier alpha value is -2.29. The lowest BCUT2D eigenvalue weighted by Crippen LogP contribution is -2.27. The largest absolute Gasteiger partial charge is 0.506 e. The van der Waals surface area contributed by atoms with Gasteiger partial charge in [-0.15, -0.1) is 0 Å². The van der Waals surface area contributed by atoms with E-state index < -0.39 is 0 Å². The number of fused-ring (bicyclic) bond motifs is 2. The molecule has 0 radical (unpaired) electrons. The molecule has 0 atom stereocenters. The number of pyridine rings is 1. The van der Waals surface area contributed by atoms with Crippen LogP contribution in [0.4, 0.5) is 0 Å². The predicted molar refractivity (Wildman–Crippen MR) is 60.2 cm³/mol. The molecular weight excluding hydrogens is 202 g/mol. The minimum Gasteiger partial charge on any atom is -0.506 e. The number of benzene rings is 1. The number of aromatic nitrogens is 1. The molecule has 3 rings (SSSR count). The Bertz CT molecular complexity index is 662. The summed E-state index contributed by atoms with van der Waals surface area (Å²) >= 11 is 0. The second-order valence-electron chi connectivity index (χ2n) is 3.54. The van der Waals surface area contributed by atoms with E-state index in [4.69, 9.17) is 4.74 Å². The number of rotatable bonds is 0. The van der Waals surface area contributed by atoms with Gasteiger partial charge in [-0.2, -0.15) is 0 Å². The Morgan fingerprint density at radius 3 is 2.94 bits per heavy atom. The molecule has 3 heteroatoms. The van der Waals surface area contributed by atoms with Crippen LogP contribution in [0.2, 0.25) is 0 Å². The van der Waals surface area contributed by atoms with Gasteiger partial charge >= 0.3 is 0 Å². The van der Waals surface area contributed by atoms with Crippen molar-refractivity contribution in [3.63, 3.8) is 0 Å². The molecule has 2 heterocycles. The van der Waals surface area contributed by atoms with Crippen LogP contribution in [0.15, 0.2) is 42.7 Å². The third kappa shape index (κ3) is 1.26. The Morgan fingerprint density at radius 1 is 1.12 bits per heavy atom. The summed E-state index contributed by atoms with van der Waals surface area (Å²) in [7, 11) is 0. The maximum Gasteiger partial charge on any atom is 0.137 e. The molecule has 0 aliphatic carbocycles. The molecule has 1 aliphatic rings. The number of aliphatic hydroxyl groups is 1. The monoisotopic (exact) mass is 211 g/mol. The molecule has 1 aliphatic heterocycles. The molecule has 1 aromatic heterocycles. The molecule has 78 valence electrons. The van der Waals surface area contributed by atoms with Crippen LogP contribution in [0.5, 0.6) is 5.75 Å². The van der Waals surface area contributed by atoms with Gasteiger partial charge in [0.15, 0.2) is 0 Å². The van der Waals surface area contributed by atoms with Gasteiger partial charge in [-0.25, -0.2) is 0 Å². The van der Waals surface area contributed by atoms with Crippen LogP contribution in [0.3, 0.4) is 0 Å². The molecule has 3 nitrogen and oxygen atoms in total. The van der Waals surface area contributed by atoms with E-state index in [0.29, 0.717) is 16.5 Å². The van der Waals surface area contributed by atoms with Crippen molar-refractivity contribution in [1.29, 1.82) is 0 Å². The molecular formula is C13H9NO2. The molecule has 2 aromatic rings. The van der Waals surface area contributed by atoms with E-state index >= 15 is 0 Å². The van der Waals surface area contributed by atoms with Crippen molar-refractivity contribution in [3.05, 3.63) is 58.7 Å². The number of hydrogen-bond acceptors (Lipinski definition) is 3. The SMILES string of the molecule is OC1=c2cnccc2=COc2ccccc21. The van der Waals surface area contributed by atoms with Crippen LogP contribution < -0.4 is 15.2 Å². The van der Waals surface area contributed by atoms with Crippen molar-refractivity contribution >= 4 is 12.0 Å². The molecule has 1 aromatic carbocycles. The van der Waals surface area contributed by atoms with Crippen LogP contribution in [-0.4, -0.2) is 10.1 Å². The molecule has 0 saturated carbocycles. The Labute approximate surface area is 92.0 Å². The van der Waals surface area contributed by atoms with Crippen LogP contribution in [-0.2, 0) is 0 Å². The molecule has 0 spiro atoms. The van der Waals surface area contributed by atoms with Gasteiger partial charge < -0.3 is 9.84 Å². The summed E-state index contributed by atoms with van der Waals surface area (Å²) in [5.74, 6) is 0.851. The first-order valence-corrected chi connectivity index (χ1v) is 4.96. The lowest BCUT2D eigenvalue weighted by atomic mass is 10.1. The summed E-state index contributed by atoms with van der Waals surface area (Å²) in [5, 5.41) is 11.7. The first-order valence-electron chi connectivity index (χ1n) is 4.96. The highest BCUT2D eigenvalue weighted by Crippen LogP contribution is 2.23. The number of nitrogens with zero attached hydrogens (tertiary/aromatic N) is 1. The van der Waals surface area contributed by atoms with Gasteiger partial charge in [0.2, 0.25) is 0 Å². The minimum atomic E-state index is 0.201. The standard InChI is InChI=1S/C13H9NO2/c15-13-10-3-1-2-4-12(10)16-8-9-5-6-14-7-11(9)13/h1-8,15H. The van der Waals surface area contributed by atoms with E-state index in [9.17, 15) is 5.11 Å². The van der Waals surface area contributed by atoms with E-state index in [1.807, 2.05) is 24.3 Å². The highest BCUT2D eigenvalue weighted by Gasteiger charge is 2.10. The van der Waals surface area contributed by atoms with Gasteiger partial charge in [-0.05, 0) is 18.2 Å². The number of aliphatic hydroxyl groups excluding tert-OH is 1. The van der Waals surface area contributed by atoms with Gasteiger partial charge in [0, 0.05) is 22.8 Å². The van der Waals surface area contributed by atoms with Crippen molar-refractivity contribution in [2.24, 2.45) is 0 Å². The summed E-state index contributed by atoms with van der Waals surface area (Å²) in [6.07, 6.45) is 4.92. The Balaban J connectivity index is 2.45. The lowest BCUT2D eigenvalue weighted by molar-refractivity contribution is 0.497. The molecule has 1 N–H and O–H groups in total. The number of hydrogen-bond donors (Lipinski definition) is 1. The lowest BCUT2D eigenvalue weighted by Gasteiger charge is -2.04. The quantitative estimate of drug-likeness (QED) is 0.704. The van der Waals surface area contributed by atoms with Gasteiger partial charge in [-0.1, -0.05) is 12.1 Å². The van der Waals surface area contributed by atoms with Crippen molar-refractivity contribution in [3.8, 4) is 5.75 Å². The zero-order valence-corrected chi connectivity index (χ0v) is 8.42. The summed E-state index contributed by atoms with van der Waals surface area (Å²) < 4.78 is 5.51. The van der Waals surface area contributed by atoms with Gasteiger partial charge in [0.25, 0.3) is 0 Å². The van der Waals surface area contributed by atoms with Crippen molar-refractivity contribution < 1.29 is 9.84 Å². The first kappa shape index (κ1) is 8.97. The maximum atomic E-state index is 10.2. The molecule has 0 amide bonds. The smallest absolute Gasteiger partial charge is 0.137 e. The maximum absolute atomic E-state index is 10.2. The Morgan fingerprint density at radius 2 is 2.00 bits per heavy atom. The molecule has 16 heavy (non-hydrogen) atoms. The van der Waals surface area contributed by atoms with Crippen LogP contribution >= 0.6 is 0 Å². The highest BCUT2D eigenvalue weighted by atomic mass is 16.5. The van der Waals surface area contributed by atoms with Gasteiger partial charge in [0.1, 0.15) is 11.5 Å². The van der Waals surface area contributed by atoms with Gasteiger partial charge in [0.05, 0.1) is 11.8 Å². The second-order valence-corrected chi connectivity index (χ2v) is 3.54. The number of ether oxygens (including phenoxy) is 1. The molecule has 0 unspecified atom stereocenters. The highest BCUT2D eigenvalue weighted by molar-refractivity contribution is 5.66. The predicted octanol–water partition coefficient (Wildman–Crippen LogP) is 0.927. The summed E-state index contributed by atoms with van der Waals surface area (Å²) in [5.41, 5.74) is 0.686. The zero-order valence-electron chi connectivity index (χ0n) is 8.42. The fourth-order valence-electron chi connectivity index (χ4n) is 1.74. The first-order chi connectivity index (χ1) is 7.86. The van der Waals surface area contributed by atoms with Crippen LogP contribution in [0, 0.1) is 0 Å². The summed E-state index contributed by atoms with van der Waals surface area (Å²) in [6, 6.07) is 9.17.